The smallest absolute Gasteiger partial charge is 0.404 e. The molecule has 3 atom stereocenters. The van der Waals surface area contributed by atoms with Crippen LogP contribution in [0, 0.1) is 0 Å². The first-order valence-corrected chi connectivity index (χ1v) is 15.4. The Morgan fingerprint density at radius 1 is 1.02 bits per heavy atom. The molecule has 3 aromatic rings. The van der Waals surface area contributed by atoms with Crippen molar-refractivity contribution in [3.8, 4) is 11.5 Å². The quantitative estimate of drug-likeness (QED) is 0.0834. The molecule has 2 aromatic carbocycles. The predicted octanol–water partition coefficient (Wildman–Crippen LogP) is 2.62. The minimum atomic E-state index is -3.17. The lowest BCUT2D eigenvalue weighted by Crippen LogP contribution is -2.50. The van der Waals surface area contributed by atoms with Crippen LogP contribution < -0.4 is 26.8 Å². The molecular weight excluding hydrogens is 670 g/mol. The SMILES string of the molecule is CC(=O)ON=C(N)c1csc(C(COC(N)=O)NC(=O)[C@@H]2C[C@@H](OC(F)F)CN2C(=O)CNC(=O)c2ccc(Oc3ccccc3)cc2)c1. The number of rotatable bonds is 14. The van der Waals surface area contributed by atoms with Crippen molar-refractivity contribution in [2.45, 2.75) is 38.1 Å². The summed E-state index contributed by atoms with van der Waals surface area (Å²) < 4.78 is 41.4. The Morgan fingerprint density at radius 3 is 2.37 bits per heavy atom. The van der Waals surface area contributed by atoms with Crippen LogP contribution in [-0.4, -0.2) is 79.0 Å². The van der Waals surface area contributed by atoms with Gasteiger partial charge in [-0.15, -0.1) is 11.3 Å². The first kappa shape index (κ1) is 36.2. The molecule has 15 nitrogen and oxygen atoms in total. The standard InChI is InChI=1S/C31H32F2N6O9S/c1-17(40)48-38-27(34)19-11-25(49-16-19)23(15-45-31(35)44)37-29(43)24-12-22(47-30(32)33)14-39(24)26(41)13-36-28(42)18-7-9-21(10-8-18)46-20-5-3-2-4-6-20/h2-11,16,22-24,30H,12-15H2,1H3,(H2,34,38)(H2,35,44)(H,36,42)(H,37,43)/t22-,23?,24+/m1/s1. The van der Waals surface area contributed by atoms with Crippen molar-refractivity contribution < 1.29 is 51.8 Å². The summed E-state index contributed by atoms with van der Waals surface area (Å²) in [7, 11) is 0. The number of hydrogen-bond donors (Lipinski definition) is 4. The van der Waals surface area contributed by atoms with E-state index < -0.39 is 67.7 Å². The number of nitrogens with zero attached hydrogens (tertiary/aromatic N) is 2. The summed E-state index contributed by atoms with van der Waals surface area (Å²) in [6.45, 7) is -3.40. The van der Waals surface area contributed by atoms with Gasteiger partial charge in [0.05, 0.1) is 18.7 Å². The fourth-order valence-corrected chi connectivity index (χ4v) is 5.63. The third-order valence-electron chi connectivity index (χ3n) is 6.92. The first-order valence-electron chi connectivity index (χ1n) is 14.6. The molecule has 1 fully saturated rings. The average molecular weight is 703 g/mol. The van der Waals surface area contributed by atoms with Gasteiger partial charge in [-0.05, 0) is 42.5 Å². The number of benzene rings is 2. The van der Waals surface area contributed by atoms with Gasteiger partial charge in [0.2, 0.25) is 11.8 Å². The van der Waals surface area contributed by atoms with E-state index >= 15 is 0 Å². The fraction of sp³-hybridized carbons (Fsp3) is 0.290. The molecule has 0 radical (unpaired) electrons. The third kappa shape index (κ3) is 10.7. The molecule has 0 spiro atoms. The van der Waals surface area contributed by atoms with Crippen molar-refractivity contribution in [2.24, 2.45) is 16.6 Å². The van der Waals surface area contributed by atoms with Gasteiger partial charge in [0.15, 0.2) is 5.84 Å². The van der Waals surface area contributed by atoms with Gasteiger partial charge in [0.1, 0.15) is 24.1 Å². The summed E-state index contributed by atoms with van der Waals surface area (Å²) in [6.07, 6.45) is -2.62. The molecule has 49 heavy (non-hydrogen) atoms. The Morgan fingerprint density at radius 2 is 1.71 bits per heavy atom. The van der Waals surface area contributed by atoms with Gasteiger partial charge in [-0.2, -0.15) is 8.78 Å². The van der Waals surface area contributed by atoms with E-state index in [0.29, 0.717) is 21.9 Å². The number of amidine groups is 1. The molecular formula is C31H32F2N6O9S. The maximum absolute atomic E-state index is 13.5. The van der Waals surface area contributed by atoms with E-state index in [9.17, 15) is 32.8 Å². The number of thiophene rings is 1. The summed E-state index contributed by atoms with van der Waals surface area (Å²) >= 11 is 1.07. The number of nitrogens with two attached hydrogens (primary N) is 2. The van der Waals surface area contributed by atoms with Crippen LogP contribution in [0.1, 0.15) is 40.2 Å². The number of ether oxygens (including phenoxy) is 3. The number of nitrogens with one attached hydrogen (secondary N) is 2. The minimum Gasteiger partial charge on any atom is -0.457 e. The second-order valence-electron chi connectivity index (χ2n) is 10.4. The Bertz CT molecular complexity index is 1670. The van der Waals surface area contributed by atoms with Crippen molar-refractivity contribution >= 4 is 47.0 Å². The molecule has 18 heteroatoms. The number of hydrogen-bond acceptors (Lipinski definition) is 11. The molecule has 2 heterocycles. The van der Waals surface area contributed by atoms with Gasteiger partial charge in [-0.25, -0.2) is 9.59 Å². The van der Waals surface area contributed by atoms with Crippen LogP contribution in [0.15, 0.2) is 71.2 Å². The van der Waals surface area contributed by atoms with Crippen LogP contribution in [0.3, 0.4) is 0 Å². The third-order valence-corrected chi connectivity index (χ3v) is 7.96. The fourth-order valence-electron chi connectivity index (χ4n) is 4.69. The lowest BCUT2D eigenvalue weighted by Gasteiger charge is -2.26. The molecule has 1 aromatic heterocycles. The number of para-hydroxylation sites is 1. The molecule has 1 unspecified atom stereocenters. The van der Waals surface area contributed by atoms with E-state index in [1.165, 1.54) is 23.6 Å². The molecule has 1 saturated heterocycles. The van der Waals surface area contributed by atoms with Gasteiger partial charge in [0, 0.05) is 41.3 Å². The maximum atomic E-state index is 13.5. The van der Waals surface area contributed by atoms with Gasteiger partial charge in [-0.3, -0.25) is 14.4 Å². The monoisotopic (exact) mass is 702 g/mol. The van der Waals surface area contributed by atoms with E-state index in [4.69, 9.17) is 20.9 Å². The van der Waals surface area contributed by atoms with Crippen LogP contribution in [-0.2, 0) is 28.7 Å². The van der Waals surface area contributed by atoms with Crippen molar-refractivity contribution in [3.05, 3.63) is 82.0 Å². The number of oxime groups is 1. The second-order valence-corrected chi connectivity index (χ2v) is 11.4. The van der Waals surface area contributed by atoms with Crippen molar-refractivity contribution in [2.75, 3.05) is 19.7 Å². The lowest BCUT2D eigenvalue weighted by molar-refractivity contribution is -0.160. The largest absolute Gasteiger partial charge is 0.457 e. The summed E-state index contributed by atoms with van der Waals surface area (Å²) in [5.41, 5.74) is 11.5. The number of likely N-dealkylation sites (tertiary alicyclic amines) is 1. The Labute approximate surface area is 282 Å². The highest BCUT2D eigenvalue weighted by Gasteiger charge is 2.42. The second kappa shape index (κ2) is 17.0. The summed E-state index contributed by atoms with van der Waals surface area (Å²) in [6, 6.07) is 14.3. The van der Waals surface area contributed by atoms with E-state index in [0.717, 1.165) is 23.2 Å². The normalized spacial score (nSPS) is 16.5. The zero-order chi connectivity index (χ0) is 35.5. The van der Waals surface area contributed by atoms with Crippen LogP contribution in [0.5, 0.6) is 11.5 Å². The van der Waals surface area contributed by atoms with Crippen LogP contribution in [0.25, 0.3) is 0 Å². The molecule has 4 rings (SSSR count). The minimum absolute atomic E-state index is 0.156. The van der Waals surface area contributed by atoms with Gasteiger partial charge in [0.25, 0.3) is 5.91 Å². The number of alkyl halides is 2. The highest BCUT2D eigenvalue weighted by molar-refractivity contribution is 7.10. The predicted molar refractivity (Wildman–Crippen MR) is 170 cm³/mol. The zero-order valence-corrected chi connectivity index (χ0v) is 26.7. The lowest BCUT2D eigenvalue weighted by atomic mass is 10.1. The first-order chi connectivity index (χ1) is 23.4. The molecule has 0 saturated carbocycles. The van der Waals surface area contributed by atoms with E-state index in [-0.39, 0.29) is 24.4 Å². The molecule has 4 amide bonds. The average Bonchev–Trinajstić information content (AvgIpc) is 3.73. The Hall–Kier alpha value is -5.62. The molecule has 0 bridgehead atoms. The number of primary amides is 1. The van der Waals surface area contributed by atoms with Crippen molar-refractivity contribution in [1.29, 1.82) is 0 Å². The van der Waals surface area contributed by atoms with E-state index in [1.807, 2.05) is 18.2 Å². The molecule has 1 aliphatic heterocycles. The number of carbonyl (C=O) groups excluding carboxylic acids is 5. The number of amides is 4. The Kier molecular flexibility index (Phi) is 12.5. The molecule has 260 valence electrons. The number of halogens is 2. The summed E-state index contributed by atoms with van der Waals surface area (Å²) in [4.78, 5) is 68.0. The van der Waals surface area contributed by atoms with Crippen LogP contribution in [0.2, 0.25) is 0 Å². The molecule has 0 aliphatic carbocycles. The van der Waals surface area contributed by atoms with Crippen LogP contribution >= 0.6 is 11.3 Å². The van der Waals surface area contributed by atoms with Crippen molar-refractivity contribution in [3.63, 3.8) is 0 Å². The van der Waals surface area contributed by atoms with Gasteiger partial charge in [-0.1, -0.05) is 23.4 Å². The highest BCUT2D eigenvalue weighted by atomic mass is 32.1. The zero-order valence-electron chi connectivity index (χ0n) is 25.9. The summed E-state index contributed by atoms with van der Waals surface area (Å²) in [5, 5.41) is 10.1. The van der Waals surface area contributed by atoms with Crippen LogP contribution in [0.4, 0.5) is 13.6 Å². The maximum Gasteiger partial charge on any atom is 0.404 e. The van der Waals surface area contributed by atoms with E-state index in [1.54, 1.807) is 24.3 Å². The summed E-state index contributed by atoms with van der Waals surface area (Å²) in [5.74, 6) is -1.91. The van der Waals surface area contributed by atoms with Gasteiger partial charge < -0.3 is 46.0 Å². The van der Waals surface area contributed by atoms with E-state index in [2.05, 4.69) is 25.4 Å². The molecule has 6 N–H and O–H groups in total. The topological polar surface area (TPSA) is 214 Å². The molecule has 1 aliphatic rings. The van der Waals surface area contributed by atoms with Crippen molar-refractivity contribution in [1.82, 2.24) is 15.5 Å². The Balaban J connectivity index is 1.43. The van der Waals surface area contributed by atoms with Gasteiger partial charge >= 0.3 is 18.7 Å². The highest BCUT2D eigenvalue weighted by Crippen LogP contribution is 2.27. The number of carbonyl (C=O) groups is 5.